The Morgan fingerprint density at radius 1 is 1.32 bits per heavy atom. The van der Waals surface area contributed by atoms with E-state index in [1.807, 2.05) is 26.0 Å². The van der Waals surface area contributed by atoms with Crippen molar-refractivity contribution in [1.82, 2.24) is 10.2 Å². The predicted octanol–water partition coefficient (Wildman–Crippen LogP) is 2.24. The summed E-state index contributed by atoms with van der Waals surface area (Å²) in [5, 5.41) is 12.0. The smallest absolute Gasteiger partial charge is 0.308 e. The average molecular weight is 364 g/mol. The second-order valence-electron chi connectivity index (χ2n) is 6.44. The van der Waals surface area contributed by atoms with E-state index in [1.165, 1.54) is 11.8 Å². The monoisotopic (exact) mass is 364 g/mol. The van der Waals surface area contributed by atoms with Crippen LogP contribution in [-0.2, 0) is 9.59 Å². The van der Waals surface area contributed by atoms with Crippen molar-refractivity contribution >= 4 is 29.5 Å². The van der Waals surface area contributed by atoms with Gasteiger partial charge in [0.25, 0.3) is 5.91 Å². The van der Waals surface area contributed by atoms with Gasteiger partial charge in [0.2, 0.25) is 5.91 Å². The number of likely N-dealkylation sites (tertiary alicyclic amines) is 1. The summed E-state index contributed by atoms with van der Waals surface area (Å²) in [6, 6.07) is 7.24. The lowest BCUT2D eigenvalue weighted by Crippen LogP contribution is -2.42. The number of aliphatic carboxylic acids is 1. The van der Waals surface area contributed by atoms with Crippen LogP contribution in [0.15, 0.2) is 29.2 Å². The van der Waals surface area contributed by atoms with E-state index < -0.39 is 11.9 Å². The minimum atomic E-state index is -0.856. The van der Waals surface area contributed by atoms with Gasteiger partial charge in [0.15, 0.2) is 0 Å². The molecule has 1 aromatic carbocycles. The lowest BCUT2D eigenvalue weighted by atomic mass is 9.97. The van der Waals surface area contributed by atoms with E-state index in [-0.39, 0.29) is 30.2 Å². The molecule has 25 heavy (non-hydrogen) atoms. The highest BCUT2D eigenvalue weighted by atomic mass is 32.2. The maximum Gasteiger partial charge on any atom is 0.308 e. The van der Waals surface area contributed by atoms with Gasteiger partial charge >= 0.3 is 5.97 Å². The van der Waals surface area contributed by atoms with Crippen LogP contribution in [0.4, 0.5) is 0 Å². The van der Waals surface area contributed by atoms with Gasteiger partial charge in [-0.05, 0) is 38.8 Å². The number of rotatable bonds is 6. The lowest BCUT2D eigenvalue weighted by Gasteiger charge is -2.31. The molecular formula is C18H24N2O4S. The van der Waals surface area contributed by atoms with Crippen LogP contribution in [0, 0.1) is 5.92 Å². The topological polar surface area (TPSA) is 86.7 Å². The Bertz CT molecular complexity index is 648. The van der Waals surface area contributed by atoms with Crippen molar-refractivity contribution in [3.8, 4) is 0 Å². The normalized spacial score (nSPS) is 17.4. The van der Waals surface area contributed by atoms with Crippen molar-refractivity contribution in [2.24, 2.45) is 5.92 Å². The Hall–Kier alpha value is -2.02. The van der Waals surface area contributed by atoms with Crippen molar-refractivity contribution in [3.63, 3.8) is 0 Å². The minimum absolute atomic E-state index is 0.0753. The average Bonchev–Trinajstić information content (AvgIpc) is 2.59. The third-order valence-corrected chi connectivity index (χ3v) is 5.06. The molecule has 136 valence electrons. The Kier molecular flexibility index (Phi) is 6.87. The molecule has 0 bridgehead atoms. The van der Waals surface area contributed by atoms with Crippen molar-refractivity contribution in [1.29, 1.82) is 0 Å². The molecular weight excluding hydrogens is 340 g/mol. The molecule has 1 saturated heterocycles. The summed E-state index contributed by atoms with van der Waals surface area (Å²) in [5.41, 5.74) is 0.524. The van der Waals surface area contributed by atoms with Crippen LogP contribution in [0.2, 0.25) is 0 Å². The molecule has 1 unspecified atom stereocenters. The van der Waals surface area contributed by atoms with E-state index in [2.05, 4.69) is 5.32 Å². The van der Waals surface area contributed by atoms with Crippen molar-refractivity contribution in [2.75, 3.05) is 18.8 Å². The zero-order valence-corrected chi connectivity index (χ0v) is 15.3. The summed E-state index contributed by atoms with van der Waals surface area (Å²) in [4.78, 5) is 38.2. The van der Waals surface area contributed by atoms with Crippen LogP contribution < -0.4 is 5.32 Å². The summed E-state index contributed by atoms with van der Waals surface area (Å²) in [7, 11) is 0. The molecule has 1 fully saturated rings. The van der Waals surface area contributed by atoms with Crippen molar-refractivity contribution < 1.29 is 19.5 Å². The molecule has 1 aliphatic rings. The largest absolute Gasteiger partial charge is 0.481 e. The third kappa shape index (κ3) is 5.49. The van der Waals surface area contributed by atoms with E-state index in [0.29, 0.717) is 24.9 Å². The first kappa shape index (κ1) is 19.3. The molecule has 0 spiro atoms. The molecule has 1 atom stereocenters. The van der Waals surface area contributed by atoms with Gasteiger partial charge in [-0.15, -0.1) is 11.8 Å². The molecule has 2 amide bonds. The number of benzene rings is 1. The quantitative estimate of drug-likeness (QED) is 0.756. The Morgan fingerprint density at radius 2 is 2.04 bits per heavy atom. The first-order valence-electron chi connectivity index (χ1n) is 8.41. The molecule has 0 aromatic heterocycles. The summed E-state index contributed by atoms with van der Waals surface area (Å²) in [6.45, 7) is 4.60. The number of carbonyl (C=O) groups is 3. The number of carboxylic acids is 1. The van der Waals surface area contributed by atoms with Gasteiger partial charge in [0, 0.05) is 24.0 Å². The highest BCUT2D eigenvalue weighted by Crippen LogP contribution is 2.26. The number of nitrogens with zero attached hydrogens (tertiary/aromatic N) is 1. The van der Waals surface area contributed by atoms with Gasteiger partial charge < -0.3 is 15.3 Å². The SMILES string of the molecule is CC(C)NC(=O)CSc1ccccc1C(=O)N1CCCC(C(=O)O)C1. The van der Waals surface area contributed by atoms with Crippen LogP contribution >= 0.6 is 11.8 Å². The Balaban J connectivity index is 2.07. The maximum absolute atomic E-state index is 12.8. The summed E-state index contributed by atoms with van der Waals surface area (Å²) in [6.07, 6.45) is 1.29. The molecule has 1 aromatic rings. The number of amides is 2. The minimum Gasteiger partial charge on any atom is -0.481 e. The van der Waals surface area contributed by atoms with E-state index in [0.717, 1.165) is 4.90 Å². The Labute approximate surface area is 152 Å². The molecule has 0 radical (unpaired) electrons. The molecule has 2 rings (SSSR count). The standard InChI is InChI=1S/C18H24N2O4S/c1-12(2)19-16(21)11-25-15-8-4-3-7-14(15)17(22)20-9-5-6-13(10-20)18(23)24/h3-4,7-8,12-13H,5-6,9-11H2,1-2H3,(H,19,21)(H,23,24). The van der Waals surface area contributed by atoms with Gasteiger partial charge in [-0.3, -0.25) is 14.4 Å². The highest BCUT2D eigenvalue weighted by molar-refractivity contribution is 8.00. The van der Waals surface area contributed by atoms with Crippen LogP contribution in [-0.4, -0.2) is 52.7 Å². The van der Waals surface area contributed by atoms with E-state index in [4.69, 9.17) is 0 Å². The van der Waals surface area contributed by atoms with E-state index in [1.54, 1.807) is 17.0 Å². The fraction of sp³-hybridized carbons (Fsp3) is 0.500. The van der Waals surface area contributed by atoms with Crippen LogP contribution in [0.5, 0.6) is 0 Å². The number of carboxylic acid groups (broad SMARTS) is 1. The summed E-state index contributed by atoms with van der Waals surface area (Å²) >= 11 is 1.32. The van der Waals surface area contributed by atoms with E-state index in [9.17, 15) is 19.5 Å². The summed E-state index contributed by atoms with van der Waals surface area (Å²) < 4.78 is 0. The number of hydrogen-bond donors (Lipinski definition) is 2. The van der Waals surface area contributed by atoms with Gasteiger partial charge in [0.05, 0.1) is 17.2 Å². The molecule has 2 N–H and O–H groups in total. The number of thioether (sulfide) groups is 1. The number of hydrogen-bond acceptors (Lipinski definition) is 4. The van der Waals surface area contributed by atoms with Crippen LogP contribution in [0.25, 0.3) is 0 Å². The molecule has 1 heterocycles. The van der Waals surface area contributed by atoms with Gasteiger partial charge in [-0.25, -0.2) is 0 Å². The van der Waals surface area contributed by atoms with Gasteiger partial charge in [-0.2, -0.15) is 0 Å². The van der Waals surface area contributed by atoms with Crippen LogP contribution in [0.3, 0.4) is 0 Å². The molecule has 6 nitrogen and oxygen atoms in total. The molecule has 7 heteroatoms. The molecule has 0 aliphatic carbocycles. The zero-order valence-electron chi connectivity index (χ0n) is 14.5. The summed E-state index contributed by atoms with van der Waals surface area (Å²) in [5.74, 6) is -1.37. The fourth-order valence-electron chi connectivity index (χ4n) is 2.81. The highest BCUT2D eigenvalue weighted by Gasteiger charge is 2.29. The van der Waals surface area contributed by atoms with Crippen molar-refractivity contribution in [2.45, 2.75) is 37.6 Å². The zero-order chi connectivity index (χ0) is 18.4. The Morgan fingerprint density at radius 3 is 2.72 bits per heavy atom. The number of carbonyl (C=O) groups excluding carboxylic acids is 2. The van der Waals surface area contributed by atoms with Gasteiger partial charge in [0.1, 0.15) is 0 Å². The number of piperidine rings is 1. The second-order valence-corrected chi connectivity index (χ2v) is 7.45. The molecule has 0 saturated carbocycles. The van der Waals surface area contributed by atoms with Gasteiger partial charge in [-0.1, -0.05) is 12.1 Å². The predicted molar refractivity (Wildman–Crippen MR) is 96.7 cm³/mol. The van der Waals surface area contributed by atoms with E-state index >= 15 is 0 Å². The maximum atomic E-state index is 12.8. The second kappa shape index (κ2) is 8.89. The first-order chi connectivity index (χ1) is 11.9. The molecule has 1 aliphatic heterocycles. The lowest BCUT2D eigenvalue weighted by molar-refractivity contribution is -0.143. The number of nitrogens with one attached hydrogen (secondary N) is 1. The van der Waals surface area contributed by atoms with Crippen molar-refractivity contribution in [3.05, 3.63) is 29.8 Å². The third-order valence-electron chi connectivity index (χ3n) is 3.98. The van der Waals surface area contributed by atoms with Crippen LogP contribution in [0.1, 0.15) is 37.0 Å². The first-order valence-corrected chi connectivity index (χ1v) is 9.40. The fourth-order valence-corrected chi connectivity index (χ4v) is 3.67.